The van der Waals surface area contributed by atoms with Gasteiger partial charge in [-0.3, -0.25) is 9.89 Å². The summed E-state index contributed by atoms with van der Waals surface area (Å²) in [6.07, 6.45) is 7.74. The van der Waals surface area contributed by atoms with E-state index in [1.165, 1.54) is 5.56 Å². The Labute approximate surface area is 168 Å². The van der Waals surface area contributed by atoms with E-state index in [0.717, 1.165) is 40.5 Å². The molecule has 6 nitrogen and oxygen atoms in total. The van der Waals surface area contributed by atoms with Crippen LogP contribution in [0.25, 0.3) is 27.7 Å². The lowest BCUT2D eigenvalue weighted by molar-refractivity contribution is -0.117. The monoisotopic (exact) mass is 403 g/mol. The summed E-state index contributed by atoms with van der Waals surface area (Å²) in [6.45, 7) is 2.10. The van der Waals surface area contributed by atoms with Gasteiger partial charge in [-0.1, -0.05) is 6.07 Å². The molecule has 0 aliphatic heterocycles. The number of aromatic amines is 1. The van der Waals surface area contributed by atoms with Crippen molar-refractivity contribution >= 4 is 53.1 Å². The van der Waals surface area contributed by atoms with Crippen LogP contribution in [-0.4, -0.2) is 25.5 Å². The number of aryl methyl sites for hydroxylation is 1. The van der Waals surface area contributed by atoms with Crippen molar-refractivity contribution < 1.29 is 4.79 Å². The van der Waals surface area contributed by atoms with Gasteiger partial charge < -0.3 is 9.72 Å². The number of H-pyrrole nitrogens is 1. The van der Waals surface area contributed by atoms with Crippen molar-refractivity contribution in [3.8, 4) is 11.1 Å². The van der Waals surface area contributed by atoms with Crippen molar-refractivity contribution in [2.75, 3.05) is 5.32 Å². The Hall–Kier alpha value is -2.57. The highest BCUT2D eigenvalue weighted by Gasteiger charge is 2.30. The number of fused-ring (bicyclic) bond motifs is 2. The summed E-state index contributed by atoms with van der Waals surface area (Å²) in [4.78, 5) is 16.4. The molecule has 0 bridgehead atoms. The van der Waals surface area contributed by atoms with E-state index in [1.54, 1.807) is 0 Å². The highest BCUT2D eigenvalue weighted by Crippen LogP contribution is 2.32. The van der Waals surface area contributed by atoms with E-state index in [0.29, 0.717) is 5.82 Å². The summed E-state index contributed by atoms with van der Waals surface area (Å²) in [6, 6.07) is 8.17. The van der Waals surface area contributed by atoms with Crippen molar-refractivity contribution in [2.45, 2.75) is 19.8 Å². The molecular weight excluding hydrogens is 385 g/mol. The largest absolute Gasteiger partial charge is 0.309 e. The molecule has 1 amide bonds. The maximum Gasteiger partial charge on any atom is 0.228 e. The molecule has 1 saturated carbocycles. The topological polar surface area (TPSA) is 75.1 Å². The minimum absolute atomic E-state index is 0. The Bertz CT molecular complexity index is 1130. The maximum atomic E-state index is 11.9. The normalized spacial score (nSPS) is 13.2. The lowest BCUT2D eigenvalue weighted by Crippen LogP contribution is -2.13. The van der Waals surface area contributed by atoms with Crippen molar-refractivity contribution in [3.63, 3.8) is 0 Å². The zero-order valence-electron chi connectivity index (χ0n) is 14.6. The molecule has 1 aliphatic carbocycles. The number of aromatic nitrogens is 4. The lowest BCUT2D eigenvalue weighted by Gasteiger charge is -2.08. The fourth-order valence-electron chi connectivity index (χ4n) is 3.28. The van der Waals surface area contributed by atoms with Crippen LogP contribution >= 0.6 is 24.8 Å². The van der Waals surface area contributed by atoms with Gasteiger partial charge >= 0.3 is 0 Å². The number of halogens is 2. The van der Waals surface area contributed by atoms with Crippen LogP contribution in [0.4, 0.5) is 5.82 Å². The molecule has 27 heavy (non-hydrogen) atoms. The average Bonchev–Trinajstić information content (AvgIpc) is 3.22. The standard InChI is InChI=1S/C19H17N5O.2ClH/c1-11-2-6-15-14(8-20-23-15)18(11)13-5-7-17-21-16(10-24(17)9-13)22-19(25)12-3-4-12;;/h2,5-10,12H,3-4H2,1H3,(H,20,23)(H,22,25);2*1H. The highest BCUT2D eigenvalue weighted by atomic mass is 35.5. The first-order valence-electron chi connectivity index (χ1n) is 8.42. The van der Waals surface area contributed by atoms with Gasteiger partial charge in [0.2, 0.25) is 5.91 Å². The Kier molecular flexibility index (Phi) is 5.13. The predicted octanol–water partition coefficient (Wildman–Crippen LogP) is 4.38. The zero-order valence-corrected chi connectivity index (χ0v) is 16.2. The number of rotatable bonds is 3. The number of hydrogen-bond acceptors (Lipinski definition) is 3. The molecule has 140 valence electrons. The molecular formula is C19H19Cl2N5O. The van der Waals surface area contributed by atoms with Gasteiger partial charge in [0.1, 0.15) is 5.65 Å². The molecule has 5 rings (SSSR count). The van der Waals surface area contributed by atoms with Crippen molar-refractivity contribution in [2.24, 2.45) is 5.92 Å². The molecule has 1 fully saturated rings. The molecule has 0 unspecified atom stereocenters. The number of nitrogens with one attached hydrogen (secondary N) is 2. The van der Waals surface area contributed by atoms with E-state index >= 15 is 0 Å². The number of carbonyl (C=O) groups excluding carboxylic acids is 1. The molecule has 0 spiro atoms. The van der Waals surface area contributed by atoms with Gasteiger partial charge in [-0.25, -0.2) is 4.98 Å². The fourth-order valence-corrected chi connectivity index (χ4v) is 3.28. The first-order chi connectivity index (χ1) is 12.2. The van der Waals surface area contributed by atoms with Gasteiger partial charge in [-0.05, 0) is 54.7 Å². The van der Waals surface area contributed by atoms with Crippen LogP contribution < -0.4 is 5.32 Å². The van der Waals surface area contributed by atoms with Gasteiger partial charge in [0.05, 0.1) is 17.9 Å². The third-order valence-corrected chi connectivity index (χ3v) is 4.77. The molecule has 2 N–H and O–H groups in total. The number of amides is 1. The summed E-state index contributed by atoms with van der Waals surface area (Å²) in [5, 5.41) is 11.2. The maximum absolute atomic E-state index is 11.9. The average molecular weight is 404 g/mol. The second-order valence-corrected chi connectivity index (χ2v) is 6.66. The molecule has 1 aliphatic rings. The van der Waals surface area contributed by atoms with E-state index in [4.69, 9.17) is 0 Å². The Morgan fingerprint density at radius 2 is 2.00 bits per heavy atom. The number of imidazole rings is 1. The van der Waals surface area contributed by atoms with Gasteiger partial charge in [-0.2, -0.15) is 5.10 Å². The van der Waals surface area contributed by atoms with Crippen LogP contribution in [0.1, 0.15) is 18.4 Å². The van der Waals surface area contributed by atoms with E-state index in [-0.39, 0.29) is 36.6 Å². The number of carbonyl (C=O) groups is 1. The van der Waals surface area contributed by atoms with Crippen LogP contribution in [0.2, 0.25) is 0 Å². The number of benzene rings is 1. The van der Waals surface area contributed by atoms with Gasteiger partial charge in [-0.15, -0.1) is 24.8 Å². The second kappa shape index (κ2) is 7.21. The Morgan fingerprint density at radius 3 is 2.78 bits per heavy atom. The smallest absolute Gasteiger partial charge is 0.228 e. The summed E-state index contributed by atoms with van der Waals surface area (Å²) >= 11 is 0. The minimum Gasteiger partial charge on any atom is -0.309 e. The first kappa shape index (κ1) is 19.2. The van der Waals surface area contributed by atoms with Crippen molar-refractivity contribution in [1.82, 2.24) is 19.6 Å². The van der Waals surface area contributed by atoms with Gasteiger partial charge in [0.15, 0.2) is 5.82 Å². The van der Waals surface area contributed by atoms with Gasteiger partial charge in [0.25, 0.3) is 0 Å². The Morgan fingerprint density at radius 1 is 1.19 bits per heavy atom. The number of hydrogen-bond donors (Lipinski definition) is 2. The van der Waals surface area contributed by atoms with E-state index in [2.05, 4.69) is 39.6 Å². The molecule has 0 radical (unpaired) electrons. The van der Waals surface area contributed by atoms with Crippen LogP contribution in [-0.2, 0) is 4.79 Å². The Balaban J connectivity index is 0.00000105. The number of anilines is 1. The quantitative estimate of drug-likeness (QED) is 0.532. The molecule has 0 atom stereocenters. The third kappa shape index (κ3) is 3.38. The highest BCUT2D eigenvalue weighted by molar-refractivity contribution is 5.96. The summed E-state index contributed by atoms with van der Waals surface area (Å²) in [7, 11) is 0. The molecule has 8 heteroatoms. The summed E-state index contributed by atoms with van der Waals surface area (Å²) in [5.41, 5.74) is 5.27. The molecule has 0 saturated heterocycles. The predicted molar refractivity (Wildman–Crippen MR) is 111 cm³/mol. The molecule has 3 aromatic heterocycles. The minimum atomic E-state index is 0. The van der Waals surface area contributed by atoms with E-state index < -0.39 is 0 Å². The number of pyridine rings is 1. The fraction of sp³-hybridized carbons (Fsp3) is 0.211. The molecule has 4 aromatic rings. The van der Waals surface area contributed by atoms with E-state index in [9.17, 15) is 4.79 Å². The van der Waals surface area contributed by atoms with Crippen molar-refractivity contribution in [1.29, 1.82) is 0 Å². The summed E-state index contributed by atoms with van der Waals surface area (Å²) in [5.74, 6) is 0.844. The number of nitrogens with zero attached hydrogens (tertiary/aromatic N) is 3. The lowest BCUT2D eigenvalue weighted by atomic mass is 9.98. The van der Waals surface area contributed by atoms with Crippen LogP contribution in [0.3, 0.4) is 0 Å². The van der Waals surface area contributed by atoms with E-state index in [1.807, 2.05) is 35.1 Å². The van der Waals surface area contributed by atoms with Gasteiger partial charge in [0, 0.05) is 17.5 Å². The van der Waals surface area contributed by atoms with Crippen LogP contribution in [0.5, 0.6) is 0 Å². The SMILES string of the molecule is Cc1ccc2[nH]ncc2c1-c1ccc2nc(NC(=O)C3CC3)cn2c1.Cl.Cl. The second-order valence-electron chi connectivity index (χ2n) is 6.66. The van der Waals surface area contributed by atoms with Crippen molar-refractivity contribution in [3.05, 3.63) is 48.4 Å². The third-order valence-electron chi connectivity index (χ3n) is 4.77. The first-order valence-corrected chi connectivity index (χ1v) is 8.42. The van der Waals surface area contributed by atoms with Crippen LogP contribution in [0, 0.1) is 12.8 Å². The van der Waals surface area contributed by atoms with Crippen LogP contribution in [0.15, 0.2) is 42.9 Å². The molecule has 3 heterocycles. The summed E-state index contributed by atoms with van der Waals surface area (Å²) < 4.78 is 1.95. The molecule has 1 aromatic carbocycles. The zero-order chi connectivity index (χ0) is 17.0.